The molecule has 1 aromatic rings. The van der Waals surface area contributed by atoms with E-state index in [-0.39, 0.29) is 0 Å². The van der Waals surface area contributed by atoms with Gasteiger partial charge < -0.3 is 10.4 Å². The molecule has 15 heavy (non-hydrogen) atoms. The molecular weight excluding hydrogens is 216 g/mol. The van der Waals surface area contributed by atoms with Crippen LogP contribution in [0.2, 0.25) is 0 Å². The Morgan fingerprint density at radius 1 is 1.60 bits per heavy atom. The van der Waals surface area contributed by atoms with E-state index in [2.05, 4.69) is 10.3 Å². The Labute approximate surface area is 90.1 Å². The van der Waals surface area contributed by atoms with Crippen molar-refractivity contribution in [3.05, 3.63) is 11.1 Å². The number of carbonyl (C=O) groups is 2. The maximum atomic E-state index is 11.6. The van der Waals surface area contributed by atoms with Gasteiger partial charge in [0, 0.05) is 11.1 Å². The van der Waals surface area contributed by atoms with E-state index in [4.69, 9.17) is 5.11 Å². The molecule has 1 heterocycles. The molecule has 1 aromatic heterocycles. The van der Waals surface area contributed by atoms with Crippen molar-refractivity contribution in [2.75, 3.05) is 5.32 Å². The Morgan fingerprint density at radius 2 is 2.27 bits per heavy atom. The number of carboxylic acid groups (broad SMARTS) is 1. The van der Waals surface area contributed by atoms with Crippen LogP contribution in [0.1, 0.15) is 17.7 Å². The molecule has 0 unspecified atom stereocenters. The van der Waals surface area contributed by atoms with Gasteiger partial charge in [-0.3, -0.25) is 9.59 Å². The molecule has 80 valence electrons. The largest absolute Gasteiger partial charge is 0.480 e. The maximum Gasteiger partial charge on any atom is 0.319 e. The number of hydrogen-bond donors (Lipinski definition) is 2. The number of rotatable bonds is 3. The fourth-order valence-electron chi connectivity index (χ4n) is 1.29. The molecule has 0 bridgehead atoms. The lowest BCUT2D eigenvalue weighted by Gasteiger charge is -2.07. The molecule has 0 aliphatic heterocycles. The SMILES string of the molecule is Cc1cnc(NC(=O)C2(C(=O)O)CC2)s1. The standard InChI is InChI=1S/C9H10N2O3S/c1-5-4-10-8(15-5)11-6(12)9(2-3-9)7(13)14/h4H,2-3H2,1H3,(H,13,14)(H,10,11,12). The first kappa shape index (κ1) is 10.1. The second-order valence-corrected chi connectivity index (χ2v) is 4.85. The molecule has 2 N–H and O–H groups in total. The summed E-state index contributed by atoms with van der Waals surface area (Å²) in [5.74, 6) is -1.50. The van der Waals surface area contributed by atoms with Crippen LogP contribution in [0, 0.1) is 12.3 Å². The highest BCUT2D eigenvalue weighted by Gasteiger charge is 2.57. The van der Waals surface area contributed by atoms with Gasteiger partial charge in [-0.05, 0) is 19.8 Å². The number of carboxylic acids is 1. The van der Waals surface area contributed by atoms with Crippen molar-refractivity contribution in [3.63, 3.8) is 0 Å². The van der Waals surface area contributed by atoms with Crippen molar-refractivity contribution in [2.24, 2.45) is 5.41 Å². The molecule has 0 atom stereocenters. The average molecular weight is 226 g/mol. The Kier molecular flexibility index (Phi) is 2.22. The van der Waals surface area contributed by atoms with Gasteiger partial charge in [-0.25, -0.2) is 4.98 Å². The third kappa shape index (κ3) is 1.72. The van der Waals surface area contributed by atoms with Crippen molar-refractivity contribution in [1.29, 1.82) is 0 Å². The lowest BCUT2D eigenvalue weighted by atomic mass is 10.1. The third-order valence-corrected chi connectivity index (χ3v) is 3.26. The van der Waals surface area contributed by atoms with Gasteiger partial charge in [-0.2, -0.15) is 0 Å². The molecule has 1 aliphatic carbocycles. The number of aromatic nitrogens is 1. The number of thiazole rings is 1. The monoisotopic (exact) mass is 226 g/mol. The first-order valence-electron chi connectivity index (χ1n) is 4.52. The van der Waals surface area contributed by atoms with E-state index in [1.54, 1.807) is 6.20 Å². The maximum absolute atomic E-state index is 11.6. The van der Waals surface area contributed by atoms with Crippen molar-refractivity contribution >= 4 is 28.3 Å². The van der Waals surface area contributed by atoms with E-state index in [0.717, 1.165) is 4.88 Å². The molecule has 0 saturated heterocycles. The van der Waals surface area contributed by atoms with Gasteiger partial charge in [0.1, 0.15) is 5.41 Å². The summed E-state index contributed by atoms with van der Waals surface area (Å²) in [4.78, 5) is 27.4. The third-order valence-electron chi connectivity index (χ3n) is 2.44. The van der Waals surface area contributed by atoms with E-state index >= 15 is 0 Å². The number of aliphatic carboxylic acids is 1. The molecule has 2 rings (SSSR count). The van der Waals surface area contributed by atoms with Crippen molar-refractivity contribution < 1.29 is 14.7 Å². The highest BCUT2D eigenvalue weighted by Crippen LogP contribution is 2.46. The average Bonchev–Trinajstić information content (AvgIpc) is 2.88. The van der Waals surface area contributed by atoms with Gasteiger partial charge in [-0.1, -0.05) is 0 Å². The zero-order valence-electron chi connectivity index (χ0n) is 8.11. The topological polar surface area (TPSA) is 79.3 Å². The van der Waals surface area contributed by atoms with E-state index in [1.165, 1.54) is 11.3 Å². The van der Waals surface area contributed by atoms with Crippen LogP contribution in [0.4, 0.5) is 5.13 Å². The summed E-state index contributed by atoms with van der Waals surface area (Å²) in [7, 11) is 0. The number of aryl methyl sites for hydroxylation is 1. The summed E-state index contributed by atoms with van der Waals surface area (Å²) >= 11 is 1.34. The first-order valence-corrected chi connectivity index (χ1v) is 5.33. The molecule has 1 amide bonds. The van der Waals surface area contributed by atoms with Gasteiger partial charge in [0.25, 0.3) is 0 Å². The molecular formula is C9H10N2O3S. The van der Waals surface area contributed by atoms with Crippen LogP contribution >= 0.6 is 11.3 Å². The van der Waals surface area contributed by atoms with Gasteiger partial charge in [-0.15, -0.1) is 11.3 Å². The Hall–Kier alpha value is -1.43. The molecule has 0 aromatic carbocycles. The quantitative estimate of drug-likeness (QED) is 0.760. The number of nitrogens with one attached hydrogen (secondary N) is 1. The fourth-order valence-corrected chi connectivity index (χ4v) is 1.95. The van der Waals surface area contributed by atoms with Gasteiger partial charge in [0.15, 0.2) is 5.13 Å². The minimum absolute atomic E-state index is 0.415. The molecule has 6 heteroatoms. The minimum Gasteiger partial charge on any atom is -0.480 e. The van der Waals surface area contributed by atoms with Gasteiger partial charge in [0.05, 0.1) is 0 Å². The van der Waals surface area contributed by atoms with E-state index in [1.807, 2.05) is 6.92 Å². The highest BCUT2D eigenvalue weighted by molar-refractivity contribution is 7.15. The molecule has 1 saturated carbocycles. The van der Waals surface area contributed by atoms with Crippen LogP contribution in [0.3, 0.4) is 0 Å². The summed E-state index contributed by atoms with van der Waals surface area (Å²) in [5.41, 5.74) is -1.19. The second kappa shape index (κ2) is 3.30. The van der Waals surface area contributed by atoms with Crippen LogP contribution in [0.15, 0.2) is 6.20 Å². The lowest BCUT2D eigenvalue weighted by molar-refractivity contribution is -0.147. The highest BCUT2D eigenvalue weighted by atomic mass is 32.1. The molecule has 1 fully saturated rings. The van der Waals surface area contributed by atoms with E-state index in [9.17, 15) is 9.59 Å². The van der Waals surface area contributed by atoms with Gasteiger partial charge >= 0.3 is 5.97 Å². The summed E-state index contributed by atoms with van der Waals surface area (Å²) in [6.45, 7) is 1.87. The zero-order chi connectivity index (χ0) is 11.1. The number of amides is 1. The first-order chi connectivity index (χ1) is 7.04. The summed E-state index contributed by atoms with van der Waals surface area (Å²) < 4.78 is 0. The zero-order valence-corrected chi connectivity index (χ0v) is 8.93. The lowest BCUT2D eigenvalue weighted by Crippen LogP contribution is -2.31. The van der Waals surface area contributed by atoms with Crippen LogP contribution < -0.4 is 5.32 Å². The van der Waals surface area contributed by atoms with E-state index < -0.39 is 17.3 Å². The fraction of sp³-hybridized carbons (Fsp3) is 0.444. The summed E-state index contributed by atoms with van der Waals surface area (Å²) in [6, 6.07) is 0. The second-order valence-electron chi connectivity index (χ2n) is 3.62. The smallest absolute Gasteiger partial charge is 0.319 e. The van der Waals surface area contributed by atoms with Crippen molar-refractivity contribution in [3.8, 4) is 0 Å². The number of carbonyl (C=O) groups excluding carboxylic acids is 1. The van der Waals surface area contributed by atoms with Crippen molar-refractivity contribution in [1.82, 2.24) is 4.98 Å². The number of nitrogens with zero attached hydrogens (tertiary/aromatic N) is 1. The molecule has 0 spiro atoms. The summed E-state index contributed by atoms with van der Waals surface area (Å²) in [6.07, 6.45) is 2.47. The van der Waals surface area contributed by atoms with Crippen LogP contribution in [0.25, 0.3) is 0 Å². The Bertz CT molecular complexity index is 423. The van der Waals surface area contributed by atoms with Gasteiger partial charge in [0.2, 0.25) is 5.91 Å². The molecule has 1 aliphatic rings. The van der Waals surface area contributed by atoms with E-state index in [0.29, 0.717) is 18.0 Å². The van der Waals surface area contributed by atoms with Crippen LogP contribution in [-0.4, -0.2) is 22.0 Å². The minimum atomic E-state index is -1.19. The van der Waals surface area contributed by atoms with Crippen LogP contribution in [0.5, 0.6) is 0 Å². The molecule has 5 nitrogen and oxygen atoms in total. The predicted octanol–water partition coefficient (Wildman–Crippen LogP) is 1.25. The normalized spacial score (nSPS) is 17.1. The van der Waals surface area contributed by atoms with Crippen molar-refractivity contribution in [2.45, 2.75) is 19.8 Å². The Balaban J connectivity index is 2.08. The summed E-state index contributed by atoms with van der Waals surface area (Å²) in [5, 5.41) is 11.9. The Morgan fingerprint density at radius 3 is 2.67 bits per heavy atom. The number of hydrogen-bond acceptors (Lipinski definition) is 4. The predicted molar refractivity (Wildman–Crippen MR) is 54.8 cm³/mol. The molecule has 0 radical (unpaired) electrons. The number of anilines is 1. The van der Waals surface area contributed by atoms with Crippen LogP contribution in [-0.2, 0) is 9.59 Å².